The third kappa shape index (κ3) is 2.21. The van der Waals surface area contributed by atoms with E-state index in [4.69, 9.17) is 0 Å². The number of phenolic OH excluding ortho intramolecular Hbond substituents is 1. The molecule has 1 aromatic carbocycles. The first kappa shape index (κ1) is 11.5. The van der Waals surface area contributed by atoms with Gasteiger partial charge < -0.3 is 10.4 Å². The van der Waals surface area contributed by atoms with E-state index in [9.17, 15) is 9.90 Å². The monoisotopic (exact) mass is 283 g/mol. The molecule has 1 aliphatic rings. The van der Waals surface area contributed by atoms with Crippen molar-refractivity contribution in [3.63, 3.8) is 0 Å². The third-order valence-electron chi connectivity index (χ3n) is 3.02. The standard InChI is InChI=1S/C12H14BrNO2/c1-12(2)6-10(12)14-11(16)8-4-3-7(13)5-9(8)15/h3-5,10,15H,6H2,1-2H3,(H,14,16). The highest BCUT2D eigenvalue weighted by molar-refractivity contribution is 9.10. The van der Waals surface area contributed by atoms with Crippen LogP contribution in [0.4, 0.5) is 0 Å². The van der Waals surface area contributed by atoms with Crippen LogP contribution in [0.15, 0.2) is 22.7 Å². The fourth-order valence-corrected chi connectivity index (χ4v) is 2.00. The van der Waals surface area contributed by atoms with Crippen molar-refractivity contribution < 1.29 is 9.90 Å². The van der Waals surface area contributed by atoms with E-state index >= 15 is 0 Å². The summed E-state index contributed by atoms with van der Waals surface area (Å²) < 4.78 is 0.758. The maximum atomic E-state index is 11.8. The Balaban J connectivity index is 2.10. The molecule has 0 aromatic heterocycles. The van der Waals surface area contributed by atoms with Gasteiger partial charge in [-0.3, -0.25) is 4.79 Å². The van der Waals surface area contributed by atoms with Crippen LogP contribution < -0.4 is 5.32 Å². The van der Waals surface area contributed by atoms with Crippen LogP contribution in [0.25, 0.3) is 0 Å². The van der Waals surface area contributed by atoms with Crippen molar-refractivity contribution in [1.29, 1.82) is 0 Å². The maximum absolute atomic E-state index is 11.8. The zero-order valence-electron chi connectivity index (χ0n) is 9.25. The minimum Gasteiger partial charge on any atom is -0.507 e. The average molecular weight is 284 g/mol. The first-order valence-corrected chi connectivity index (χ1v) is 5.99. The number of halogens is 1. The van der Waals surface area contributed by atoms with E-state index in [1.54, 1.807) is 12.1 Å². The molecule has 1 fully saturated rings. The topological polar surface area (TPSA) is 49.3 Å². The lowest BCUT2D eigenvalue weighted by Gasteiger charge is -2.08. The smallest absolute Gasteiger partial charge is 0.255 e. The van der Waals surface area contributed by atoms with E-state index in [0.29, 0.717) is 5.56 Å². The summed E-state index contributed by atoms with van der Waals surface area (Å²) >= 11 is 3.23. The largest absolute Gasteiger partial charge is 0.507 e. The quantitative estimate of drug-likeness (QED) is 0.877. The molecule has 1 atom stereocenters. The van der Waals surface area contributed by atoms with Gasteiger partial charge in [0.1, 0.15) is 5.75 Å². The maximum Gasteiger partial charge on any atom is 0.255 e. The lowest BCUT2D eigenvalue weighted by molar-refractivity contribution is 0.0943. The van der Waals surface area contributed by atoms with E-state index in [2.05, 4.69) is 35.1 Å². The van der Waals surface area contributed by atoms with Crippen molar-refractivity contribution >= 4 is 21.8 Å². The molecule has 16 heavy (non-hydrogen) atoms. The number of nitrogens with one attached hydrogen (secondary N) is 1. The van der Waals surface area contributed by atoms with Crippen LogP contribution in [-0.4, -0.2) is 17.1 Å². The van der Waals surface area contributed by atoms with Crippen LogP contribution in [-0.2, 0) is 0 Å². The molecule has 0 saturated heterocycles. The molecule has 4 heteroatoms. The number of hydrogen-bond acceptors (Lipinski definition) is 2. The van der Waals surface area contributed by atoms with Crippen molar-refractivity contribution in [3.8, 4) is 5.75 Å². The first-order chi connectivity index (χ1) is 7.40. The van der Waals surface area contributed by atoms with E-state index in [1.165, 1.54) is 6.07 Å². The van der Waals surface area contributed by atoms with Gasteiger partial charge in [0.25, 0.3) is 5.91 Å². The van der Waals surface area contributed by atoms with E-state index in [-0.39, 0.29) is 23.1 Å². The number of aromatic hydroxyl groups is 1. The van der Waals surface area contributed by atoms with Crippen LogP contribution in [0, 0.1) is 5.41 Å². The number of carbonyl (C=O) groups is 1. The fourth-order valence-electron chi connectivity index (χ4n) is 1.65. The SMILES string of the molecule is CC1(C)CC1NC(=O)c1ccc(Br)cc1O. The molecule has 1 aromatic rings. The van der Waals surface area contributed by atoms with Gasteiger partial charge in [-0.2, -0.15) is 0 Å². The fraction of sp³-hybridized carbons (Fsp3) is 0.417. The Morgan fingerprint density at radius 3 is 2.69 bits per heavy atom. The van der Waals surface area contributed by atoms with E-state index in [1.807, 2.05) is 0 Å². The van der Waals surface area contributed by atoms with Crippen molar-refractivity contribution in [2.45, 2.75) is 26.3 Å². The molecule has 1 unspecified atom stereocenters. The zero-order chi connectivity index (χ0) is 11.9. The molecular weight excluding hydrogens is 270 g/mol. The van der Waals surface area contributed by atoms with Crippen LogP contribution >= 0.6 is 15.9 Å². The Kier molecular flexibility index (Phi) is 2.70. The summed E-state index contributed by atoms with van der Waals surface area (Å²) in [5.74, 6) is -0.203. The molecule has 2 N–H and O–H groups in total. The summed E-state index contributed by atoms with van der Waals surface area (Å²) in [6.45, 7) is 4.22. The summed E-state index contributed by atoms with van der Waals surface area (Å²) in [6, 6.07) is 5.10. The van der Waals surface area contributed by atoms with E-state index < -0.39 is 0 Å². The second kappa shape index (κ2) is 3.77. The second-order valence-corrected chi connectivity index (χ2v) is 5.80. The van der Waals surface area contributed by atoms with Gasteiger partial charge in [-0.15, -0.1) is 0 Å². The van der Waals surface area contributed by atoms with Crippen molar-refractivity contribution in [3.05, 3.63) is 28.2 Å². The summed E-state index contributed by atoms with van der Waals surface area (Å²) in [7, 11) is 0. The molecule has 86 valence electrons. The van der Waals surface area contributed by atoms with Crippen LogP contribution in [0.2, 0.25) is 0 Å². The minimum atomic E-state index is -0.208. The van der Waals surface area contributed by atoms with Crippen molar-refractivity contribution in [1.82, 2.24) is 5.32 Å². The molecule has 0 radical (unpaired) electrons. The molecule has 0 aliphatic heterocycles. The molecule has 1 saturated carbocycles. The Bertz CT molecular complexity index is 443. The van der Waals surface area contributed by atoms with Crippen molar-refractivity contribution in [2.75, 3.05) is 0 Å². The normalized spacial score (nSPS) is 21.6. The van der Waals surface area contributed by atoms with Gasteiger partial charge >= 0.3 is 0 Å². The Labute approximate surface area is 103 Å². The van der Waals surface area contributed by atoms with Crippen LogP contribution in [0.1, 0.15) is 30.6 Å². The molecular formula is C12H14BrNO2. The van der Waals surface area contributed by atoms with Gasteiger partial charge in [0.2, 0.25) is 0 Å². The number of benzene rings is 1. The molecule has 0 spiro atoms. The first-order valence-electron chi connectivity index (χ1n) is 5.19. The highest BCUT2D eigenvalue weighted by atomic mass is 79.9. The molecule has 2 rings (SSSR count). The number of carbonyl (C=O) groups excluding carboxylic acids is 1. The number of phenols is 1. The molecule has 1 aliphatic carbocycles. The number of rotatable bonds is 2. The zero-order valence-corrected chi connectivity index (χ0v) is 10.8. The predicted molar refractivity (Wildman–Crippen MR) is 65.5 cm³/mol. The van der Waals surface area contributed by atoms with Crippen molar-refractivity contribution in [2.24, 2.45) is 5.41 Å². The summed E-state index contributed by atoms with van der Waals surface area (Å²) in [5, 5.41) is 12.5. The van der Waals surface area contributed by atoms with Gasteiger partial charge in [-0.25, -0.2) is 0 Å². The molecule has 0 heterocycles. The van der Waals surface area contributed by atoms with Crippen LogP contribution in [0.5, 0.6) is 5.75 Å². The third-order valence-corrected chi connectivity index (χ3v) is 3.52. The number of amides is 1. The van der Waals surface area contributed by atoms with Gasteiger partial charge in [0.15, 0.2) is 0 Å². The number of hydrogen-bond donors (Lipinski definition) is 2. The van der Waals surface area contributed by atoms with Gasteiger partial charge in [0.05, 0.1) is 5.56 Å². The van der Waals surface area contributed by atoms with Crippen LogP contribution in [0.3, 0.4) is 0 Å². The van der Waals surface area contributed by atoms with E-state index in [0.717, 1.165) is 10.9 Å². The molecule has 1 amide bonds. The highest BCUT2D eigenvalue weighted by Crippen LogP contribution is 2.44. The lowest BCUT2D eigenvalue weighted by Crippen LogP contribution is -2.28. The average Bonchev–Trinajstić information content (AvgIpc) is 2.72. The Hall–Kier alpha value is -1.03. The Morgan fingerprint density at radius 1 is 1.56 bits per heavy atom. The summed E-state index contributed by atoms with van der Waals surface area (Å²) in [5.41, 5.74) is 0.520. The van der Waals surface area contributed by atoms with Gasteiger partial charge in [-0.1, -0.05) is 29.8 Å². The molecule has 3 nitrogen and oxygen atoms in total. The highest BCUT2D eigenvalue weighted by Gasteiger charge is 2.46. The molecule has 0 bridgehead atoms. The Morgan fingerprint density at radius 2 is 2.19 bits per heavy atom. The minimum absolute atomic E-state index is 0.00494. The van der Waals surface area contributed by atoms with Gasteiger partial charge in [0, 0.05) is 10.5 Å². The second-order valence-electron chi connectivity index (χ2n) is 4.88. The van der Waals surface area contributed by atoms with Gasteiger partial charge in [-0.05, 0) is 30.0 Å². The lowest BCUT2D eigenvalue weighted by atomic mass is 10.1. The summed E-state index contributed by atoms with van der Waals surface area (Å²) in [6.07, 6.45) is 0.996. The summed E-state index contributed by atoms with van der Waals surface area (Å²) in [4.78, 5) is 11.8. The predicted octanol–water partition coefficient (Wildman–Crippen LogP) is 2.68.